The molecule has 16 heavy (non-hydrogen) atoms. The molecule has 0 saturated carbocycles. The largest absolute Gasteiger partial charge is 0.0683 e. The van der Waals surface area contributed by atoms with Gasteiger partial charge in [0.15, 0.2) is 0 Å². The molecule has 104 valence electrons. The Morgan fingerprint density at radius 3 is 0.875 bits per heavy atom. The van der Waals surface area contributed by atoms with E-state index in [0.717, 1.165) is 17.8 Å². The average Bonchev–Trinajstić information content (AvgIpc) is 2.20. The summed E-state index contributed by atoms with van der Waals surface area (Å²) in [7, 11) is 0. The molecule has 0 aliphatic heterocycles. The normalized spacial score (nSPS) is 10.3. The minimum atomic E-state index is 0.833. The molecular formula is C16H40. The molecule has 1 unspecified atom stereocenters. The fourth-order valence-electron chi connectivity index (χ4n) is 0.471. The first kappa shape index (κ1) is 25.0. The zero-order valence-corrected chi connectivity index (χ0v) is 14.1. The van der Waals surface area contributed by atoms with Gasteiger partial charge in [0.2, 0.25) is 0 Å². The Labute approximate surface area is 107 Å². The van der Waals surface area contributed by atoms with Crippen molar-refractivity contribution >= 4 is 0 Å². The molecule has 0 heterocycles. The number of hydrogen-bond donors (Lipinski definition) is 0. The minimum absolute atomic E-state index is 0.833. The monoisotopic (exact) mass is 232 g/mol. The summed E-state index contributed by atoms with van der Waals surface area (Å²) in [5.41, 5.74) is 0. The van der Waals surface area contributed by atoms with Gasteiger partial charge < -0.3 is 0 Å². The van der Waals surface area contributed by atoms with Crippen molar-refractivity contribution < 1.29 is 0 Å². The van der Waals surface area contributed by atoms with Gasteiger partial charge in [0.1, 0.15) is 0 Å². The summed E-state index contributed by atoms with van der Waals surface area (Å²) in [6, 6.07) is 0. The van der Waals surface area contributed by atoms with Crippen molar-refractivity contribution in [1.82, 2.24) is 0 Å². The van der Waals surface area contributed by atoms with Crippen molar-refractivity contribution in [2.75, 3.05) is 0 Å². The Hall–Kier alpha value is 0. The van der Waals surface area contributed by atoms with Crippen LogP contribution in [0.1, 0.15) is 89.0 Å². The molecule has 0 amide bonds. The van der Waals surface area contributed by atoms with Gasteiger partial charge in [0, 0.05) is 0 Å². The van der Waals surface area contributed by atoms with Crippen molar-refractivity contribution in [2.45, 2.75) is 89.0 Å². The highest BCUT2D eigenvalue weighted by Gasteiger charge is 2.01. The Kier molecular flexibility index (Phi) is 38.0. The zero-order valence-electron chi connectivity index (χ0n) is 14.1. The second-order valence-electron chi connectivity index (χ2n) is 5.07. The quantitative estimate of drug-likeness (QED) is 0.491. The molecule has 0 fully saturated rings. The van der Waals surface area contributed by atoms with E-state index in [4.69, 9.17) is 0 Å². The molecular weight excluding hydrogens is 192 g/mol. The molecule has 1 atom stereocenters. The second kappa shape index (κ2) is 24.3. The maximum atomic E-state index is 2.30. The van der Waals surface area contributed by atoms with Crippen LogP contribution in [0.4, 0.5) is 0 Å². The minimum Gasteiger partial charge on any atom is -0.0683 e. The van der Waals surface area contributed by atoms with Gasteiger partial charge in [-0.15, -0.1) is 0 Å². The van der Waals surface area contributed by atoms with Crippen LogP contribution in [0.25, 0.3) is 0 Å². The van der Waals surface area contributed by atoms with E-state index >= 15 is 0 Å². The smallest absolute Gasteiger partial charge is 0.0422 e. The van der Waals surface area contributed by atoms with Crippen LogP contribution in [-0.4, -0.2) is 0 Å². The molecule has 0 heteroatoms. The molecule has 0 radical (unpaired) electrons. The second-order valence-corrected chi connectivity index (χ2v) is 5.07. The van der Waals surface area contributed by atoms with Crippen molar-refractivity contribution in [3.63, 3.8) is 0 Å². The van der Waals surface area contributed by atoms with E-state index in [1.807, 2.05) is 13.8 Å². The number of hydrogen-bond acceptors (Lipinski definition) is 0. The van der Waals surface area contributed by atoms with Crippen LogP contribution in [0.3, 0.4) is 0 Å². The molecule has 0 bridgehead atoms. The van der Waals surface area contributed by atoms with Gasteiger partial charge in [0.25, 0.3) is 0 Å². The lowest BCUT2D eigenvalue weighted by atomic mass is 9.96. The third-order valence-corrected chi connectivity index (χ3v) is 1.78. The van der Waals surface area contributed by atoms with Crippen molar-refractivity contribution in [3.8, 4) is 0 Å². The van der Waals surface area contributed by atoms with E-state index in [1.165, 1.54) is 12.8 Å². The van der Waals surface area contributed by atoms with Crippen LogP contribution in [0, 0.1) is 17.8 Å². The van der Waals surface area contributed by atoms with Crippen LogP contribution in [0.5, 0.6) is 0 Å². The Bertz CT molecular complexity index is 69.4. The molecule has 0 aromatic heterocycles. The summed E-state index contributed by atoms with van der Waals surface area (Å²) in [5.74, 6) is 2.60. The summed E-state index contributed by atoms with van der Waals surface area (Å²) in [4.78, 5) is 0. The van der Waals surface area contributed by atoms with Crippen molar-refractivity contribution in [2.24, 2.45) is 17.8 Å². The molecule has 0 spiro atoms. The summed E-state index contributed by atoms with van der Waals surface area (Å²) in [6.07, 6.45) is 2.57. The molecule has 0 N–H and O–H groups in total. The predicted molar refractivity (Wildman–Crippen MR) is 82.1 cm³/mol. The first-order valence-electron chi connectivity index (χ1n) is 7.33. The zero-order chi connectivity index (χ0) is 14.1. The van der Waals surface area contributed by atoms with Crippen LogP contribution in [0.15, 0.2) is 0 Å². The van der Waals surface area contributed by atoms with E-state index in [9.17, 15) is 0 Å². The van der Waals surface area contributed by atoms with E-state index < -0.39 is 0 Å². The van der Waals surface area contributed by atoms with Gasteiger partial charge >= 0.3 is 0 Å². The fourth-order valence-corrected chi connectivity index (χ4v) is 0.471. The fraction of sp³-hybridized carbons (Fsp3) is 1.00. The van der Waals surface area contributed by atoms with E-state index in [0.29, 0.717) is 0 Å². The van der Waals surface area contributed by atoms with Gasteiger partial charge in [-0.1, -0.05) is 89.0 Å². The van der Waals surface area contributed by atoms with E-state index in [-0.39, 0.29) is 0 Å². The Balaban J connectivity index is -0.0000000685. The standard InChI is InChI=1S/C7H16.C4H10.C3H8.C2H6/c1-5-7(4)6(2)3;1-4(2)3;1-3-2;1-2/h6-7H,5H2,1-4H3;4H,1-3H3;3H2,1-2H3;1-2H3. The van der Waals surface area contributed by atoms with Gasteiger partial charge in [0.05, 0.1) is 0 Å². The van der Waals surface area contributed by atoms with Gasteiger partial charge in [-0.2, -0.15) is 0 Å². The highest BCUT2D eigenvalue weighted by Crippen LogP contribution is 2.11. The van der Waals surface area contributed by atoms with Gasteiger partial charge in [-0.3, -0.25) is 0 Å². The Morgan fingerprint density at radius 1 is 0.688 bits per heavy atom. The lowest BCUT2D eigenvalue weighted by Gasteiger charge is -2.10. The SMILES string of the molecule is CC.CC(C)C.CCC.CCC(C)C(C)C. The average molecular weight is 232 g/mol. The van der Waals surface area contributed by atoms with E-state index in [2.05, 4.69) is 62.3 Å². The van der Waals surface area contributed by atoms with E-state index in [1.54, 1.807) is 0 Å². The van der Waals surface area contributed by atoms with Crippen molar-refractivity contribution in [1.29, 1.82) is 0 Å². The molecule has 0 nitrogen and oxygen atoms in total. The van der Waals surface area contributed by atoms with Crippen LogP contribution in [0.2, 0.25) is 0 Å². The summed E-state index contributed by atoms with van der Waals surface area (Å²) >= 11 is 0. The third-order valence-electron chi connectivity index (χ3n) is 1.78. The molecule has 0 saturated heterocycles. The van der Waals surface area contributed by atoms with Crippen LogP contribution in [-0.2, 0) is 0 Å². The van der Waals surface area contributed by atoms with Crippen LogP contribution < -0.4 is 0 Å². The first-order chi connectivity index (χ1) is 7.33. The van der Waals surface area contributed by atoms with Crippen molar-refractivity contribution in [3.05, 3.63) is 0 Å². The highest BCUT2D eigenvalue weighted by molar-refractivity contribution is 4.52. The molecule has 0 aliphatic rings. The molecule has 0 aromatic carbocycles. The predicted octanol–water partition coefficient (Wildman–Crippen LogP) is 6.79. The molecule has 0 aliphatic carbocycles. The summed E-state index contributed by atoms with van der Waals surface area (Å²) in [5, 5.41) is 0. The maximum absolute atomic E-state index is 2.30. The van der Waals surface area contributed by atoms with Gasteiger partial charge in [-0.25, -0.2) is 0 Å². The molecule has 0 rings (SSSR count). The highest BCUT2D eigenvalue weighted by atomic mass is 14.1. The third kappa shape index (κ3) is 65.7. The summed E-state index contributed by atoms with van der Waals surface area (Å²) in [6.45, 7) is 23.8. The lowest BCUT2D eigenvalue weighted by molar-refractivity contribution is 0.407. The topological polar surface area (TPSA) is 0 Å². The number of rotatable bonds is 2. The first-order valence-corrected chi connectivity index (χ1v) is 7.33. The Morgan fingerprint density at radius 2 is 0.875 bits per heavy atom. The lowest BCUT2D eigenvalue weighted by Crippen LogP contribution is -2.00. The van der Waals surface area contributed by atoms with Gasteiger partial charge in [-0.05, 0) is 17.8 Å². The maximum Gasteiger partial charge on any atom is -0.0422 e. The molecule has 0 aromatic rings. The summed E-state index contributed by atoms with van der Waals surface area (Å²) < 4.78 is 0. The van der Waals surface area contributed by atoms with Crippen LogP contribution >= 0.6 is 0 Å².